The van der Waals surface area contributed by atoms with E-state index in [1.54, 1.807) is 76.7 Å². The van der Waals surface area contributed by atoms with Crippen molar-refractivity contribution in [1.82, 2.24) is 73.0 Å². The first-order chi connectivity index (χ1) is 68.0. The largest absolute Gasteiger partial charge is 0.483 e. The molecule has 5 aromatic rings. The number of piperidine rings is 3. The highest BCUT2D eigenvalue weighted by Gasteiger charge is 2.46. The molecule has 13 atom stereocenters. The van der Waals surface area contributed by atoms with E-state index >= 15 is 0 Å². The SMILES string of the molecule is C=S(C)(=O)N[C@H]1CCN2C(=O)COc3ccncc3C3CCC(CC3)OCC12.C=S(C)(=O)N[C@H]1CCN2C(=O)COc3cnccc3C3CCC(CC3)OCC12.C=S(C)(=O)N[C@H]1CCN2C(=O)COc3ncccc3C3CCC(CC3)OCC12.CS(=O)(=O)N[C@H]1CCCN2C(=O)COc3cccnc3C3CCC(CC3)OCC12.CS(=O)(=O)N[C@H]1CCCN2C(=O)COc3cccnc3N3CCC(CC3)OCC12. The number of rotatable bonds is 10. The summed E-state index contributed by atoms with van der Waals surface area (Å²) in [6, 6.07) is 13.0. The van der Waals surface area contributed by atoms with E-state index in [2.05, 4.69) is 77.1 Å². The third-order valence-electron chi connectivity index (χ3n) is 30.1. The molecule has 10 fully saturated rings. The standard InChI is InChI=1S/C20H29N3O5S.3C20H29N3O4S.C19H28N4O5S/c1-29(25,26)22-16-4-3-11-23-17(16)12-27-15-8-6-14(7-9-15)20-18(5-2-10-21-20)28-13-19(23)24;1-28(2,25)22-17-8-10-23-18(17)12-26-15-5-3-14(4-6-15)16-11-21-9-7-19(16)27-13-20(23)24;1-28(2,25)22-17-8-10-23-18(17)12-26-15-5-3-14(4-6-15)16-7-9-21-11-19(16)27-13-20(23)24;1-28(2,25)22-17-9-11-23-18(17)12-26-15-7-5-14(6-8-15)16-4-3-10-21-20(16)27-13-19(23)24;1-29(25,26)21-15-4-3-9-23-16(15)12-27-14-6-10-22(11-7-14)19-17(5-2-8-20-19)28-13-18(23)24/h2,5,10,14-17,22H,3-4,6-9,11-13H2,1H3;2*7,9,11,14-15,17-18H,1,3-6,8,10,12-13H2,2H3,(H,22,25);3-4,10,14-15,17-18H,1,5-9,11-13H2,2H3,(H,22,25);2,5,8,14-16,21H,3-4,6-7,9-13H2,1H3/t14?,15?,16-,17?;3*14?,15?,17-,18?,28?;15-,16?/m00000/s1. The number of hydrogen-bond acceptors (Lipinski definition) is 28. The van der Waals surface area contributed by atoms with Gasteiger partial charge in [0.05, 0.1) is 118 Å². The van der Waals surface area contributed by atoms with E-state index in [9.17, 15) is 53.4 Å². The fourth-order valence-electron chi connectivity index (χ4n) is 23.2. The third kappa shape index (κ3) is 28.9. The molecule has 0 aromatic carbocycles. The molecule has 0 spiro atoms. The van der Waals surface area contributed by atoms with Gasteiger partial charge >= 0.3 is 0 Å². The van der Waals surface area contributed by atoms with Crippen LogP contribution >= 0.6 is 0 Å². The number of nitrogens with one attached hydrogen (secondary N) is 5. The summed E-state index contributed by atoms with van der Waals surface area (Å²) in [6.45, 7) is 6.22. The Labute approximate surface area is 837 Å². The molecule has 4 saturated carbocycles. The normalized spacial score (nSPS) is 31.6. The highest BCUT2D eigenvalue weighted by Crippen LogP contribution is 2.45. The molecule has 43 heteroatoms. The molecule has 782 valence electrons. The van der Waals surface area contributed by atoms with Crippen molar-refractivity contribution < 1.29 is 101 Å². The van der Waals surface area contributed by atoms with Crippen LogP contribution in [0.3, 0.4) is 0 Å². The molecule has 4 aliphatic carbocycles. The number of nitrogens with zero attached hydrogens (tertiary/aromatic N) is 11. The van der Waals surface area contributed by atoms with Gasteiger partial charge in [0.2, 0.25) is 25.9 Å². The number of hydrogen-bond donors (Lipinski definition) is 5. The minimum Gasteiger partial charge on any atom is -0.483 e. The molecule has 6 saturated heterocycles. The molecular weight excluding hydrogens is 1930 g/mol. The first-order valence-electron chi connectivity index (χ1n) is 50.4. The van der Waals surface area contributed by atoms with E-state index in [1.165, 1.54) is 0 Å². The highest BCUT2D eigenvalue weighted by atomic mass is 32.2. The van der Waals surface area contributed by atoms with Crippen molar-refractivity contribution >= 4 is 102 Å². The van der Waals surface area contributed by atoms with Crippen LogP contribution in [0.4, 0.5) is 5.82 Å². The topological polar surface area (TPSA) is 441 Å². The van der Waals surface area contributed by atoms with E-state index in [0.29, 0.717) is 125 Å². The lowest BCUT2D eigenvalue weighted by atomic mass is 9.82. The van der Waals surface area contributed by atoms with Gasteiger partial charge in [0.15, 0.2) is 44.6 Å². The minimum absolute atomic E-state index is 0.0116. The number of aromatic nitrogens is 5. The fraction of sp³-hybridized carbons (Fsp3) is 0.667. The van der Waals surface area contributed by atoms with Gasteiger partial charge in [-0.3, -0.25) is 51.6 Å². The molecule has 8 unspecified atom stereocenters. The second kappa shape index (κ2) is 48.0. The van der Waals surface area contributed by atoms with Gasteiger partial charge in [-0.15, -0.1) is 0 Å². The zero-order valence-electron chi connectivity index (χ0n) is 82.4. The Morgan fingerprint density at radius 2 is 0.655 bits per heavy atom. The molecule has 25 rings (SSSR count). The lowest BCUT2D eigenvalue weighted by Crippen LogP contribution is -2.59. The summed E-state index contributed by atoms with van der Waals surface area (Å²) in [7, 11) is -13.9. The predicted molar refractivity (Wildman–Crippen MR) is 541 cm³/mol. The Bertz CT molecular complexity index is 5280. The van der Waals surface area contributed by atoms with E-state index in [1.807, 2.05) is 52.4 Å². The number of carbonyl (C=O) groups is 5. The van der Waals surface area contributed by atoms with Gasteiger partial charge in [0.1, 0.15) is 17.2 Å². The Morgan fingerprint density at radius 3 is 1.10 bits per heavy atom. The molecule has 38 nitrogen and oxygen atoms in total. The van der Waals surface area contributed by atoms with Gasteiger partial charge in [0, 0.05) is 184 Å². The average molecular weight is 2070 g/mol. The summed E-state index contributed by atoms with van der Waals surface area (Å²) < 4.78 is 159. The summed E-state index contributed by atoms with van der Waals surface area (Å²) in [5.74, 6) is 16.1. The van der Waals surface area contributed by atoms with Crippen molar-refractivity contribution in [1.29, 1.82) is 0 Å². The molecule has 10 bridgehead atoms. The number of pyridine rings is 5. The first kappa shape index (κ1) is 106. The predicted octanol–water partition coefficient (Wildman–Crippen LogP) is 5.81. The maximum atomic E-state index is 13.0. The van der Waals surface area contributed by atoms with Crippen molar-refractivity contribution in [3.05, 3.63) is 114 Å². The molecule has 5 N–H and O–H groups in total. The van der Waals surface area contributed by atoms with Crippen LogP contribution in [0.25, 0.3) is 0 Å². The van der Waals surface area contributed by atoms with Gasteiger partial charge in [-0.2, -0.15) is 0 Å². The lowest BCUT2D eigenvalue weighted by Gasteiger charge is -2.41. The lowest BCUT2D eigenvalue weighted by molar-refractivity contribution is -0.141. The van der Waals surface area contributed by atoms with Crippen LogP contribution in [0, 0.1) is 0 Å². The number of amides is 5. The molecule has 142 heavy (non-hydrogen) atoms. The summed E-state index contributed by atoms with van der Waals surface area (Å²) >= 11 is 0. The van der Waals surface area contributed by atoms with Crippen LogP contribution in [0.1, 0.15) is 207 Å². The van der Waals surface area contributed by atoms with Crippen LogP contribution in [0.5, 0.6) is 28.9 Å². The van der Waals surface area contributed by atoms with Crippen molar-refractivity contribution in [2.45, 2.75) is 275 Å². The van der Waals surface area contributed by atoms with Crippen molar-refractivity contribution in [2.75, 3.05) is 148 Å². The van der Waals surface area contributed by atoms with E-state index < -0.39 is 49.2 Å². The zero-order chi connectivity index (χ0) is 100. The summed E-state index contributed by atoms with van der Waals surface area (Å²) in [5, 5.41) is 0. The number of ether oxygens (including phenoxy) is 10. The molecule has 16 aliphatic heterocycles. The minimum atomic E-state index is -3.39. The molecule has 5 amide bonds. The fourth-order valence-corrected chi connectivity index (χ4v) is 27.6. The second-order valence-electron chi connectivity index (χ2n) is 40.7. The maximum absolute atomic E-state index is 13.0. The first-order valence-corrected chi connectivity index (χ1v) is 60.6. The van der Waals surface area contributed by atoms with Crippen LogP contribution in [0.15, 0.2) is 91.9 Å². The van der Waals surface area contributed by atoms with E-state index in [-0.39, 0.29) is 154 Å². The molecule has 5 aromatic heterocycles. The smallest absolute Gasteiger partial charge is 0.260 e. The van der Waals surface area contributed by atoms with Gasteiger partial charge in [-0.25, -0.2) is 50.4 Å². The van der Waals surface area contributed by atoms with Crippen molar-refractivity contribution in [3.8, 4) is 28.9 Å². The van der Waals surface area contributed by atoms with Gasteiger partial charge in [-0.1, -0.05) is 6.07 Å². The highest BCUT2D eigenvalue weighted by molar-refractivity contribution is 7.98. The average Bonchev–Trinajstić information content (AvgIpc) is 1.64. The van der Waals surface area contributed by atoms with Crippen LogP contribution in [-0.2, 0) is 96.8 Å². The summed E-state index contributed by atoms with van der Waals surface area (Å²) in [5.41, 5.74) is 4.24. The molecule has 0 radical (unpaired) electrons. The van der Waals surface area contributed by atoms with E-state index in [0.717, 1.165) is 207 Å². The quantitative estimate of drug-likeness (QED) is 0.103. The number of anilines is 1. The van der Waals surface area contributed by atoms with Crippen molar-refractivity contribution in [2.24, 2.45) is 0 Å². The third-order valence-corrected chi connectivity index (χ3v) is 34.0. The Morgan fingerprint density at radius 1 is 0.310 bits per heavy atom. The van der Waals surface area contributed by atoms with E-state index in [4.69, 9.17) is 47.4 Å². The maximum Gasteiger partial charge on any atom is 0.260 e. The van der Waals surface area contributed by atoms with Crippen LogP contribution < -0.4 is 52.2 Å². The number of fused-ring (bicyclic) bond motifs is 25. The van der Waals surface area contributed by atoms with Crippen molar-refractivity contribution in [3.63, 3.8) is 0 Å². The second-order valence-corrected chi connectivity index (χ2v) is 51.0. The summed E-state index contributed by atoms with van der Waals surface area (Å²) in [6.07, 6.45) is 42.7. The molecule has 21 heterocycles. The molecular formula is C99H144N16O22S5. The number of carbonyl (C=O) groups excluding carboxylic acids is 5. The van der Waals surface area contributed by atoms with Gasteiger partial charge in [-0.05, 0) is 238 Å². The van der Waals surface area contributed by atoms with Crippen LogP contribution in [-0.4, -0.2) is 360 Å². The zero-order valence-corrected chi connectivity index (χ0v) is 86.5. The molecule has 20 aliphatic rings. The van der Waals surface area contributed by atoms with Gasteiger partial charge in [0.25, 0.3) is 29.5 Å². The number of sulfonamides is 2. The Hall–Kier alpha value is -8.54. The summed E-state index contributed by atoms with van der Waals surface area (Å²) in [4.78, 5) is 97.6. The Balaban J connectivity index is 0.000000128. The Kier molecular flexibility index (Phi) is 35.9. The van der Waals surface area contributed by atoms with Crippen LogP contribution in [0.2, 0.25) is 0 Å². The van der Waals surface area contributed by atoms with Gasteiger partial charge < -0.3 is 76.8 Å². The monoisotopic (exact) mass is 2070 g/mol.